The zero-order chi connectivity index (χ0) is 22.1. The van der Waals surface area contributed by atoms with Crippen LogP contribution in [0.25, 0.3) is 11.1 Å². The minimum Gasteiger partial charge on any atom is -0.372 e. The van der Waals surface area contributed by atoms with Crippen molar-refractivity contribution in [2.45, 2.75) is 51.9 Å². The Hall–Kier alpha value is -1.84. The summed E-state index contributed by atoms with van der Waals surface area (Å²) < 4.78 is 6.70. The molecule has 0 spiro atoms. The zero-order valence-corrected chi connectivity index (χ0v) is 21.0. The van der Waals surface area contributed by atoms with Crippen LogP contribution in [-0.2, 0) is 17.8 Å². The second-order valence-corrected chi connectivity index (χ2v) is 9.96. The van der Waals surface area contributed by atoms with Crippen LogP contribution in [0.2, 0.25) is 5.02 Å². The Morgan fingerprint density at radius 1 is 0.879 bits per heavy atom. The van der Waals surface area contributed by atoms with E-state index in [4.69, 9.17) is 16.3 Å². The van der Waals surface area contributed by atoms with Gasteiger partial charge in [0.15, 0.2) is 0 Å². The molecular weight excluding hydrogens is 449 g/mol. The third-order valence-electron chi connectivity index (χ3n) is 7.22. The van der Waals surface area contributed by atoms with Crippen LogP contribution >= 0.6 is 24.0 Å². The fourth-order valence-corrected chi connectivity index (χ4v) is 6.04. The molecule has 2 bridgehead atoms. The number of piperidine rings is 3. The summed E-state index contributed by atoms with van der Waals surface area (Å²) in [6, 6.07) is 24.1. The smallest absolute Gasteiger partial charge is 0.0767 e. The number of aryl methyl sites for hydroxylation is 2. The summed E-state index contributed by atoms with van der Waals surface area (Å²) in [4.78, 5) is 2.66. The molecule has 0 N–H and O–H groups in total. The van der Waals surface area contributed by atoms with Gasteiger partial charge >= 0.3 is 0 Å². The highest BCUT2D eigenvalue weighted by molar-refractivity contribution is 6.33. The summed E-state index contributed by atoms with van der Waals surface area (Å²) in [5.74, 6) is 0.656. The van der Waals surface area contributed by atoms with Crippen molar-refractivity contribution in [1.29, 1.82) is 0 Å². The van der Waals surface area contributed by atoms with E-state index in [9.17, 15) is 0 Å². The Morgan fingerprint density at radius 2 is 1.52 bits per heavy atom. The maximum absolute atomic E-state index is 6.70. The first-order valence-electron chi connectivity index (χ1n) is 11.8. The van der Waals surface area contributed by atoms with E-state index in [0.717, 1.165) is 17.0 Å². The normalized spacial score (nSPS) is 23.8. The first-order chi connectivity index (χ1) is 15.6. The van der Waals surface area contributed by atoms with Gasteiger partial charge in [0.25, 0.3) is 0 Å². The number of halogens is 2. The van der Waals surface area contributed by atoms with E-state index >= 15 is 0 Å². The lowest BCUT2D eigenvalue weighted by Gasteiger charge is -2.51. The van der Waals surface area contributed by atoms with Crippen LogP contribution in [0.5, 0.6) is 0 Å². The summed E-state index contributed by atoms with van der Waals surface area (Å²) in [6.07, 6.45) is 3.77. The number of hydrogen-bond donors (Lipinski definition) is 0. The predicted octanol–water partition coefficient (Wildman–Crippen LogP) is 7.27. The van der Waals surface area contributed by atoms with Gasteiger partial charge in [-0.25, -0.2) is 0 Å². The number of benzene rings is 3. The monoisotopic (exact) mass is 481 g/mol. The molecule has 0 aliphatic carbocycles. The molecule has 2 nitrogen and oxygen atoms in total. The second kappa shape index (κ2) is 10.6. The number of hydrogen-bond acceptors (Lipinski definition) is 2. The van der Waals surface area contributed by atoms with Crippen LogP contribution in [-0.4, -0.2) is 30.1 Å². The lowest BCUT2D eigenvalue weighted by Crippen LogP contribution is -2.59. The number of ether oxygens (including phenoxy) is 1. The van der Waals surface area contributed by atoms with Gasteiger partial charge in [0.05, 0.1) is 12.7 Å². The van der Waals surface area contributed by atoms with Gasteiger partial charge in [-0.2, -0.15) is 0 Å². The summed E-state index contributed by atoms with van der Waals surface area (Å²) in [5, 5.41) is 0.813. The van der Waals surface area contributed by atoms with Crippen LogP contribution in [0.4, 0.5) is 0 Å². The summed E-state index contributed by atoms with van der Waals surface area (Å²) in [5.41, 5.74) is 7.63. The van der Waals surface area contributed by atoms with E-state index in [1.807, 2.05) is 12.1 Å². The molecule has 3 fully saturated rings. The molecule has 174 valence electrons. The highest BCUT2D eigenvalue weighted by atomic mass is 35.5. The molecule has 0 amide bonds. The SMILES string of the molecule is Cc1cc(C)cc(COC2C3CCN(CC3)C2Cc2ccccc2-c2ccccc2Cl)c1.Cl. The van der Waals surface area contributed by atoms with Crippen molar-refractivity contribution in [3.63, 3.8) is 0 Å². The third-order valence-corrected chi connectivity index (χ3v) is 7.55. The molecule has 3 heterocycles. The van der Waals surface area contributed by atoms with E-state index in [1.54, 1.807) is 0 Å². The Labute approximate surface area is 209 Å². The molecule has 3 saturated heterocycles. The Bertz CT molecular complexity index is 1070. The number of fused-ring (bicyclic) bond motifs is 3. The average molecular weight is 482 g/mol. The minimum atomic E-state index is 0. The molecule has 2 atom stereocenters. The minimum absolute atomic E-state index is 0. The molecule has 33 heavy (non-hydrogen) atoms. The third kappa shape index (κ3) is 5.30. The molecule has 3 aliphatic rings. The number of nitrogens with zero attached hydrogens (tertiary/aromatic N) is 1. The van der Waals surface area contributed by atoms with Crippen molar-refractivity contribution in [1.82, 2.24) is 4.90 Å². The van der Waals surface area contributed by atoms with Gasteiger partial charge < -0.3 is 4.74 Å². The highest BCUT2D eigenvalue weighted by Gasteiger charge is 2.43. The standard InChI is InChI=1S/C29H32ClNO.ClH/c1-20-15-21(2)17-22(16-20)19-32-29-23-11-13-31(14-12-23)28(29)18-24-7-3-4-8-25(24)26-9-5-6-10-27(26)30;/h3-10,15-17,23,28-29H,11-14,18-19H2,1-2H3;1H. The Kier molecular flexibility index (Phi) is 7.81. The van der Waals surface area contributed by atoms with Gasteiger partial charge in [-0.1, -0.05) is 83.4 Å². The molecular formula is C29H33Cl2NO. The summed E-state index contributed by atoms with van der Waals surface area (Å²) in [6.45, 7) is 7.40. The second-order valence-electron chi connectivity index (χ2n) is 9.55. The molecule has 3 aromatic carbocycles. The van der Waals surface area contributed by atoms with Crippen LogP contribution in [0.1, 0.15) is 35.1 Å². The lowest BCUT2D eigenvalue weighted by atomic mass is 9.77. The zero-order valence-electron chi connectivity index (χ0n) is 19.5. The molecule has 0 saturated carbocycles. The van der Waals surface area contributed by atoms with Crippen molar-refractivity contribution in [3.8, 4) is 11.1 Å². The van der Waals surface area contributed by atoms with Gasteiger partial charge in [-0.05, 0) is 74.9 Å². The van der Waals surface area contributed by atoms with E-state index in [2.05, 4.69) is 73.3 Å². The van der Waals surface area contributed by atoms with Gasteiger partial charge in [0, 0.05) is 16.6 Å². The van der Waals surface area contributed by atoms with E-state index in [0.29, 0.717) is 18.6 Å². The Balaban J connectivity index is 0.00000259. The first-order valence-corrected chi connectivity index (χ1v) is 12.2. The van der Waals surface area contributed by atoms with E-state index < -0.39 is 0 Å². The molecule has 6 rings (SSSR count). The van der Waals surface area contributed by atoms with Crippen molar-refractivity contribution in [2.24, 2.45) is 5.92 Å². The van der Waals surface area contributed by atoms with Crippen molar-refractivity contribution in [3.05, 3.63) is 94.0 Å². The quantitative estimate of drug-likeness (QED) is 0.366. The topological polar surface area (TPSA) is 12.5 Å². The van der Waals surface area contributed by atoms with Crippen LogP contribution in [0.3, 0.4) is 0 Å². The van der Waals surface area contributed by atoms with Gasteiger partial charge in [-0.15, -0.1) is 12.4 Å². The largest absolute Gasteiger partial charge is 0.372 e. The van der Waals surface area contributed by atoms with Crippen molar-refractivity contribution >= 4 is 24.0 Å². The van der Waals surface area contributed by atoms with Crippen molar-refractivity contribution in [2.75, 3.05) is 13.1 Å². The van der Waals surface area contributed by atoms with Crippen LogP contribution < -0.4 is 0 Å². The van der Waals surface area contributed by atoms with Crippen LogP contribution in [0.15, 0.2) is 66.7 Å². The first kappa shape index (κ1) is 24.3. The molecule has 2 unspecified atom stereocenters. The molecule has 3 aliphatic heterocycles. The molecule has 0 aromatic heterocycles. The highest BCUT2D eigenvalue weighted by Crippen LogP contribution is 2.38. The fraction of sp³-hybridized carbons (Fsp3) is 0.379. The van der Waals surface area contributed by atoms with E-state index in [-0.39, 0.29) is 18.5 Å². The summed E-state index contributed by atoms with van der Waals surface area (Å²) >= 11 is 6.57. The average Bonchev–Trinajstić information content (AvgIpc) is 2.79. The van der Waals surface area contributed by atoms with E-state index in [1.165, 1.54) is 53.7 Å². The maximum Gasteiger partial charge on any atom is 0.0767 e. The van der Waals surface area contributed by atoms with Crippen molar-refractivity contribution < 1.29 is 4.74 Å². The lowest BCUT2D eigenvalue weighted by molar-refractivity contribution is -0.115. The fourth-order valence-electron chi connectivity index (χ4n) is 5.80. The number of rotatable bonds is 6. The maximum atomic E-state index is 6.70. The summed E-state index contributed by atoms with van der Waals surface area (Å²) in [7, 11) is 0. The Morgan fingerprint density at radius 3 is 2.21 bits per heavy atom. The van der Waals surface area contributed by atoms with Gasteiger partial charge in [0.1, 0.15) is 0 Å². The van der Waals surface area contributed by atoms with Gasteiger partial charge in [0.2, 0.25) is 0 Å². The van der Waals surface area contributed by atoms with Gasteiger partial charge in [-0.3, -0.25) is 4.90 Å². The van der Waals surface area contributed by atoms with Crippen LogP contribution in [0, 0.1) is 19.8 Å². The predicted molar refractivity (Wildman–Crippen MR) is 140 cm³/mol. The molecule has 3 aromatic rings. The molecule has 4 heteroatoms. The molecule has 0 radical (unpaired) electrons.